The molecule has 0 aromatic heterocycles. The molecule has 0 saturated carbocycles. The molecule has 21 heteroatoms. The van der Waals surface area contributed by atoms with Gasteiger partial charge in [-0.2, -0.15) is 0 Å². The van der Waals surface area contributed by atoms with Crippen molar-refractivity contribution in [2.24, 2.45) is 0 Å². The van der Waals surface area contributed by atoms with E-state index in [4.69, 9.17) is 0 Å². The van der Waals surface area contributed by atoms with E-state index in [1.54, 1.807) is 0 Å². The molecule has 0 aliphatic carbocycles. The first-order chi connectivity index (χ1) is 20.1. The van der Waals surface area contributed by atoms with Crippen molar-refractivity contribution < 1.29 is 87.8 Å². The summed E-state index contributed by atoms with van der Waals surface area (Å²) in [5.41, 5.74) is 0. The summed E-state index contributed by atoms with van der Waals surface area (Å²) in [6, 6.07) is -0.247. The van der Waals surface area contributed by atoms with Gasteiger partial charge in [0.15, 0.2) is 93.1 Å². The first-order valence-electron chi connectivity index (χ1n) is 10.1. The zero-order valence-corrected chi connectivity index (χ0v) is 20.4. The van der Waals surface area contributed by atoms with Crippen LogP contribution in [0.3, 0.4) is 0 Å². The predicted molar refractivity (Wildman–Crippen MR) is 111 cm³/mol. The van der Waals surface area contributed by atoms with Gasteiger partial charge in [-0.05, 0) is 0 Å². The summed E-state index contributed by atoms with van der Waals surface area (Å²) in [5.74, 6) is -38.6. The first-order valence-corrected chi connectivity index (χ1v) is 10.1. The zero-order valence-electron chi connectivity index (χ0n) is 20.4. The third-order valence-corrected chi connectivity index (χ3v) is 4.23. The molecule has 4 aromatic rings. The summed E-state index contributed by atoms with van der Waals surface area (Å²) < 4.78 is 240. The highest BCUT2D eigenvalue weighted by atomic mass is 19.2. The van der Waals surface area contributed by atoms with E-state index in [1.165, 1.54) is 0 Å². The monoisotopic (exact) mass is 683 g/mol. The second-order valence-corrected chi connectivity index (χ2v) is 7.13. The number of rotatable bonds is 0. The molecule has 3 radical (unpaired) electrons. The molecule has 0 saturated heterocycles. The van der Waals surface area contributed by atoms with Gasteiger partial charge < -0.3 is 0 Å². The Morgan fingerprint density at radius 2 is 0.267 bits per heavy atom. The van der Waals surface area contributed by atoms with Gasteiger partial charge in [0.25, 0.3) is 0 Å². The van der Waals surface area contributed by atoms with E-state index < -0.39 is 116 Å². The number of hydrogen-bond donors (Lipinski definition) is 0. The maximum Gasteiger partial charge on any atom is 0.200 e. The molecular weight excluding hydrogens is 679 g/mol. The molecule has 45 heavy (non-hydrogen) atoms. The van der Waals surface area contributed by atoms with E-state index in [-0.39, 0.29) is 32.7 Å². The highest BCUT2D eigenvalue weighted by molar-refractivity contribution is 5.75. The van der Waals surface area contributed by atoms with Crippen molar-refractivity contribution in [2.75, 3.05) is 0 Å². The smallest absolute Gasteiger partial charge is 0.200 e. The van der Waals surface area contributed by atoms with Crippen LogP contribution in [0.1, 0.15) is 0 Å². The molecule has 0 unspecified atom stereocenters. The topological polar surface area (TPSA) is 0 Å². The Labute approximate surface area is 237 Å². The first kappa shape index (κ1) is 40.5. The summed E-state index contributed by atoms with van der Waals surface area (Å²) in [6.45, 7) is 0. The highest BCUT2D eigenvalue weighted by Gasteiger charge is 2.21. The van der Waals surface area contributed by atoms with Crippen LogP contribution in [0.25, 0.3) is 0 Å². The van der Waals surface area contributed by atoms with Gasteiger partial charge in [-0.3, -0.25) is 0 Å². The van der Waals surface area contributed by atoms with Crippen molar-refractivity contribution in [3.63, 3.8) is 0 Å². The van der Waals surface area contributed by atoms with Crippen molar-refractivity contribution in [3.05, 3.63) is 141 Å². The normalized spacial score (nSPS) is 10.0. The lowest BCUT2D eigenvalue weighted by Crippen LogP contribution is -1.98. The number of hydrogen-bond acceptors (Lipinski definition) is 0. The van der Waals surface area contributed by atoms with Crippen molar-refractivity contribution in [3.8, 4) is 0 Å². The van der Waals surface area contributed by atoms with E-state index in [0.29, 0.717) is 0 Å². The Balaban J connectivity index is 0.000000569. The molecule has 0 amide bonds. The summed E-state index contributed by atoms with van der Waals surface area (Å²) in [6.07, 6.45) is 0. The fraction of sp³-hybridized carbons (Fsp3) is 0. The van der Waals surface area contributed by atoms with Crippen molar-refractivity contribution in [1.82, 2.24) is 0 Å². The third kappa shape index (κ3) is 9.77. The van der Waals surface area contributed by atoms with E-state index >= 15 is 0 Å². The summed E-state index contributed by atoms with van der Waals surface area (Å²) >= 11 is 0. The Bertz CT molecular complexity index is 1320. The van der Waals surface area contributed by atoms with Gasteiger partial charge in [0.1, 0.15) is 0 Å². The fourth-order valence-corrected chi connectivity index (χ4v) is 2.18. The largest absolute Gasteiger partial charge is 0.204 e. The zero-order chi connectivity index (χ0) is 34.4. The van der Waals surface area contributed by atoms with Crippen molar-refractivity contribution >= 4 is 8.41 Å². The molecule has 4 aromatic carbocycles. The van der Waals surface area contributed by atoms with Gasteiger partial charge >= 0.3 is 0 Å². The Morgan fingerprint density at radius 1 is 0.178 bits per heavy atom. The van der Waals surface area contributed by atoms with Crippen LogP contribution in [-0.2, 0) is 0 Å². The lowest BCUT2D eigenvalue weighted by molar-refractivity contribution is 0.378. The minimum Gasteiger partial charge on any atom is -0.204 e. The van der Waals surface area contributed by atoms with E-state index in [1.807, 2.05) is 0 Å². The van der Waals surface area contributed by atoms with Gasteiger partial charge in [-0.1, -0.05) is 0 Å². The number of halogens is 20. The summed E-state index contributed by atoms with van der Waals surface area (Å²) in [5, 5.41) is 0. The Hall–Kier alpha value is -4.46. The molecule has 0 bridgehead atoms. The third-order valence-electron chi connectivity index (χ3n) is 4.23. The molecule has 0 N–H and O–H groups in total. The van der Waals surface area contributed by atoms with Crippen LogP contribution in [0.2, 0.25) is 0 Å². The fourth-order valence-electron chi connectivity index (χ4n) is 2.18. The lowest BCUT2D eigenvalue weighted by Gasteiger charge is -1.96. The Morgan fingerprint density at radius 3 is 0.356 bits per heavy atom. The van der Waals surface area contributed by atoms with Crippen LogP contribution in [-0.4, -0.2) is 8.41 Å². The SMILES string of the molecule is Fc1cc(F)c(F)c(F)c1F.Fc1cc(F)c(F)c(F)c1F.Fc1cc(F)c(F)c(F)c1F.Fc1cc(F)c(F)c(F)c1F.[B]. The summed E-state index contributed by atoms with van der Waals surface area (Å²) in [4.78, 5) is 0. The van der Waals surface area contributed by atoms with Crippen molar-refractivity contribution in [1.29, 1.82) is 0 Å². The van der Waals surface area contributed by atoms with Gasteiger partial charge in [0.05, 0.1) is 0 Å². The maximum atomic E-state index is 12.0. The molecule has 0 fully saturated rings. The van der Waals surface area contributed by atoms with Crippen LogP contribution >= 0.6 is 0 Å². The van der Waals surface area contributed by atoms with Gasteiger partial charge in [0.2, 0.25) is 23.3 Å². The van der Waals surface area contributed by atoms with Crippen LogP contribution < -0.4 is 0 Å². The quantitative estimate of drug-likeness (QED) is 0.0751. The van der Waals surface area contributed by atoms with Gasteiger partial charge in [-0.15, -0.1) is 0 Å². The molecule has 4 rings (SSSR count). The van der Waals surface area contributed by atoms with Crippen LogP contribution in [0.4, 0.5) is 87.8 Å². The van der Waals surface area contributed by atoms with Gasteiger partial charge in [-0.25, -0.2) is 87.8 Å². The molecule has 0 nitrogen and oxygen atoms in total. The van der Waals surface area contributed by atoms with E-state index in [2.05, 4.69) is 0 Å². The number of benzene rings is 4. The molecule has 0 atom stereocenters. The van der Waals surface area contributed by atoms with Crippen LogP contribution in [0.15, 0.2) is 24.3 Å². The minimum absolute atomic E-state index is 0. The van der Waals surface area contributed by atoms with Crippen LogP contribution in [0.5, 0.6) is 0 Å². The Kier molecular flexibility index (Phi) is 14.9. The molecular formula is C24H4BF20. The summed E-state index contributed by atoms with van der Waals surface area (Å²) in [7, 11) is 0. The minimum atomic E-state index is -2.14. The molecule has 243 valence electrons. The molecule has 0 heterocycles. The molecule has 0 spiro atoms. The second kappa shape index (κ2) is 16.6. The van der Waals surface area contributed by atoms with Gasteiger partial charge in [0, 0.05) is 32.7 Å². The standard InChI is InChI=1S/4C6HF5.B/c4*7-2-1-3(8)5(10)6(11)4(2)9;/h4*1H;. The molecule has 0 aliphatic rings. The predicted octanol–water partition coefficient (Wildman–Crippen LogP) is 9.15. The second-order valence-electron chi connectivity index (χ2n) is 7.13. The average molecular weight is 683 g/mol. The van der Waals surface area contributed by atoms with E-state index in [0.717, 1.165) is 0 Å². The molecule has 0 aliphatic heterocycles. The van der Waals surface area contributed by atoms with Crippen molar-refractivity contribution in [2.45, 2.75) is 0 Å². The lowest BCUT2D eigenvalue weighted by atomic mass is 10.3. The average Bonchev–Trinajstić information content (AvgIpc) is 2.97. The highest BCUT2D eigenvalue weighted by Crippen LogP contribution is 2.19. The maximum absolute atomic E-state index is 12.0. The van der Waals surface area contributed by atoms with Crippen LogP contribution in [0, 0.1) is 116 Å². The van der Waals surface area contributed by atoms with E-state index in [9.17, 15) is 87.8 Å².